The van der Waals surface area contributed by atoms with E-state index in [0.717, 1.165) is 12.1 Å². The van der Waals surface area contributed by atoms with Gasteiger partial charge in [-0.05, 0) is 37.3 Å². The van der Waals surface area contributed by atoms with Crippen molar-refractivity contribution in [3.05, 3.63) is 72.1 Å². The highest BCUT2D eigenvalue weighted by Gasteiger charge is 2.29. The number of fused-ring (bicyclic) bond motifs is 1. The minimum atomic E-state index is -4.39. The van der Waals surface area contributed by atoms with E-state index >= 15 is 0 Å². The van der Waals surface area contributed by atoms with Crippen molar-refractivity contribution in [2.24, 2.45) is 0 Å². The van der Waals surface area contributed by atoms with Gasteiger partial charge in [-0.25, -0.2) is 13.9 Å². The van der Waals surface area contributed by atoms with Crippen LogP contribution in [0.1, 0.15) is 11.3 Å². The zero-order valence-electron chi connectivity index (χ0n) is 14.5. The third-order valence-corrected chi connectivity index (χ3v) is 4.15. The van der Waals surface area contributed by atoms with Crippen molar-refractivity contribution in [2.75, 3.05) is 5.32 Å². The van der Waals surface area contributed by atoms with Crippen LogP contribution in [0.15, 0.2) is 55.0 Å². The van der Waals surface area contributed by atoms with E-state index in [4.69, 9.17) is 0 Å². The Morgan fingerprint density at radius 3 is 2.50 bits per heavy atom. The molecule has 0 aliphatic heterocycles. The number of aryl methyl sites for hydroxylation is 1. The van der Waals surface area contributed by atoms with Crippen LogP contribution in [0.3, 0.4) is 0 Å². The second-order valence-corrected chi connectivity index (χ2v) is 6.12. The predicted octanol–water partition coefficient (Wildman–Crippen LogP) is 5.00. The maximum Gasteiger partial charge on any atom is 0.416 e. The number of aromatic nitrogens is 4. The number of benzene rings is 1. The Balaban J connectivity index is 1.67. The number of nitrogens with zero attached hydrogens (tertiary/aromatic N) is 4. The highest BCUT2D eigenvalue weighted by molar-refractivity contribution is 5.80. The summed E-state index contributed by atoms with van der Waals surface area (Å²) in [4.78, 5) is 8.58. The Hall–Kier alpha value is -3.49. The lowest BCUT2D eigenvalue weighted by Gasteiger charge is -2.09. The quantitative estimate of drug-likeness (QED) is 0.503. The number of anilines is 2. The average molecular weight is 387 g/mol. The summed E-state index contributed by atoms with van der Waals surface area (Å²) in [5, 5.41) is 7.25. The lowest BCUT2D eigenvalue weighted by Crippen LogP contribution is -2.04. The van der Waals surface area contributed by atoms with E-state index in [2.05, 4.69) is 20.4 Å². The van der Waals surface area contributed by atoms with Crippen molar-refractivity contribution in [1.82, 2.24) is 19.6 Å². The molecule has 0 spiro atoms. The first-order valence-corrected chi connectivity index (χ1v) is 8.22. The van der Waals surface area contributed by atoms with E-state index < -0.39 is 17.6 Å². The van der Waals surface area contributed by atoms with Gasteiger partial charge in [-0.1, -0.05) is 0 Å². The zero-order chi connectivity index (χ0) is 19.9. The number of halogens is 4. The summed E-state index contributed by atoms with van der Waals surface area (Å²) in [5.74, 6) is -0.0620. The summed E-state index contributed by atoms with van der Waals surface area (Å²) in [6, 6.07) is 7.25. The fourth-order valence-corrected chi connectivity index (χ4v) is 2.89. The summed E-state index contributed by atoms with van der Waals surface area (Å²) in [5.41, 5.74) is 1.98. The van der Waals surface area contributed by atoms with E-state index in [-0.39, 0.29) is 0 Å². The molecule has 0 aliphatic carbocycles. The number of hydrogen-bond acceptors (Lipinski definition) is 4. The molecule has 5 nitrogen and oxygen atoms in total. The van der Waals surface area contributed by atoms with Gasteiger partial charge >= 0.3 is 6.18 Å². The van der Waals surface area contributed by atoms with E-state index in [1.165, 1.54) is 42.9 Å². The maximum atomic E-state index is 13.7. The second kappa shape index (κ2) is 6.59. The fraction of sp³-hybridized carbons (Fsp3) is 0.105. The SMILES string of the molecule is Cc1nn2ccc(F)cc2c1-c1cncc(Nc2ccc(C(F)(F)F)cc2)n1. The molecule has 3 aromatic heterocycles. The number of rotatable bonds is 3. The van der Waals surface area contributed by atoms with E-state index in [1.54, 1.807) is 11.4 Å². The van der Waals surface area contributed by atoms with Gasteiger partial charge in [0.05, 0.1) is 40.4 Å². The van der Waals surface area contributed by atoms with Crippen molar-refractivity contribution in [3.63, 3.8) is 0 Å². The topological polar surface area (TPSA) is 55.1 Å². The van der Waals surface area contributed by atoms with Gasteiger partial charge in [-0.3, -0.25) is 4.98 Å². The standard InChI is InChI=1S/C19H13F4N5/c1-11-18(16-8-13(20)6-7-28(16)27-11)15-9-24-10-17(26-15)25-14-4-2-12(3-5-14)19(21,22)23/h2-10H,1H3,(H,25,26). The first-order chi connectivity index (χ1) is 13.3. The Bertz CT molecular complexity index is 1150. The van der Waals surface area contributed by atoms with Gasteiger partial charge in [-0.2, -0.15) is 18.3 Å². The van der Waals surface area contributed by atoms with Gasteiger partial charge in [-0.15, -0.1) is 0 Å². The highest BCUT2D eigenvalue weighted by atomic mass is 19.4. The Labute approximate surface area is 156 Å². The molecule has 1 N–H and O–H groups in total. The lowest BCUT2D eigenvalue weighted by molar-refractivity contribution is -0.137. The molecule has 4 rings (SSSR count). The van der Waals surface area contributed by atoms with Crippen LogP contribution in [-0.4, -0.2) is 19.6 Å². The van der Waals surface area contributed by atoms with Crippen molar-refractivity contribution >= 4 is 17.0 Å². The molecule has 4 aromatic rings. The van der Waals surface area contributed by atoms with Gasteiger partial charge in [0.15, 0.2) is 0 Å². The molecule has 0 atom stereocenters. The van der Waals surface area contributed by atoms with Crippen LogP contribution < -0.4 is 5.32 Å². The van der Waals surface area contributed by atoms with Crippen LogP contribution in [0.2, 0.25) is 0 Å². The van der Waals surface area contributed by atoms with Crippen molar-refractivity contribution in [2.45, 2.75) is 13.1 Å². The van der Waals surface area contributed by atoms with E-state index in [1.807, 2.05) is 0 Å². The summed E-state index contributed by atoms with van der Waals surface area (Å²) >= 11 is 0. The van der Waals surface area contributed by atoms with Crippen LogP contribution in [-0.2, 0) is 6.18 Å². The molecule has 142 valence electrons. The summed E-state index contributed by atoms with van der Waals surface area (Å²) in [7, 11) is 0. The largest absolute Gasteiger partial charge is 0.416 e. The zero-order valence-corrected chi connectivity index (χ0v) is 14.5. The molecule has 1 aromatic carbocycles. The van der Waals surface area contributed by atoms with Crippen molar-refractivity contribution < 1.29 is 17.6 Å². The Kier molecular flexibility index (Phi) is 4.21. The molecule has 0 aliphatic rings. The molecule has 9 heteroatoms. The molecule has 0 saturated carbocycles. The van der Waals surface area contributed by atoms with Crippen LogP contribution in [0, 0.1) is 12.7 Å². The van der Waals surface area contributed by atoms with Gasteiger partial charge < -0.3 is 5.32 Å². The fourth-order valence-electron chi connectivity index (χ4n) is 2.89. The molecule has 0 bridgehead atoms. The predicted molar refractivity (Wildman–Crippen MR) is 95.6 cm³/mol. The molecule has 0 unspecified atom stereocenters. The van der Waals surface area contributed by atoms with E-state index in [9.17, 15) is 17.6 Å². The van der Waals surface area contributed by atoms with Crippen LogP contribution in [0.25, 0.3) is 16.8 Å². The number of pyridine rings is 1. The molecule has 28 heavy (non-hydrogen) atoms. The van der Waals surface area contributed by atoms with Gasteiger partial charge in [0, 0.05) is 18.0 Å². The molecule has 0 saturated heterocycles. The Morgan fingerprint density at radius 1 is 1.04 bits per heavy atom. The third-order valence-electron chi connectivity index (χ3n) is 4.15. The number of alkyl halides is 3. The molecular weight excluding hydrogens is 374 g/mol. The van der Waals surface area contributed by atoms with Crippen LogP contribution in [0.5, 0.6) is 0 Å². The minimum Gasteiger partial charge on any atom is -0.339 e. The van der Waals surface area contributed by atoms with Gasteiger partial charge in [0.1, 0.15) is 11.6 Å². The lowest BCUT2D eigenvalue weighted by atomic mass is 10.1. The van der Waals surface area contributed by atoms with Gasteiger partial charge in [0.25, 0.3) is 0 Å². The Morgan fingerprint density at radius 2 is 1.79 bits per heavy atom. The summed E-state index contributed by atoms with van der Waals surface area (Å²) in [6.07, 6.45) is 0.0864. The highest BCUT2D eigenvalue weighted by Crippen LogP contribution is 2.31. The summed E-state index contributed by atoms with van der Waals surface area (Å²) in [6.45, 7) is 1.78. The van der Waals surface area contributed by atoms with Crippen LogP contribution in [0.4, 0.5) is 29.1 Å². The molecule has 3 heterocycles. The summed E-state index contributed by atoms with van der Waals surface area (Å²) < 4.78 is 53.2. The molecule has 0 amide bonds. The first kappa shape index (κ1) is 17.9. The van der Waals surface area contributed by atoms with E-state index in [0.29, 0.717) is 34.0 Å². The number of nitrogens with one attached hydrogen (secondary N) is 1. The first-order valence-electron chi connectivity index (χ1n) is 8.22. The minimum absolute atomic E-state index is 0.340. The molecule has 0 fully saturated rings. The van der Waals surface area contributed by atoms with Crippen molar-refractivity contribution in [1.29, 1.82) is 0 Å². The number of hydrogen-bond donors (Lipinski definition) is 1. The molecular formula is C19H13F4N5. The second-order valence-electron chi connectivity index (χ2n) is 6.12. The average Bonchev–Trinajstić information content (AvgIpc) is 2.96. The normalized spacial score (nSPS) is 11.8. The third kappa shape index (κ3) is 3.38. The van der Waals surface area contributed by atoms with Gasteiger partial charge in [0.2, 0.25) is 0 Å². The molecule has 0 radical (unpaired) electrons. The monoisotopic (exact) mass is 387 g/mol. The smallest absolute Gasteiger partial charge is 0.339 e. The van der Waals surface area contributed by atoms with Crippen LogP contribution >= 0.6 is 0 Å². The van der Waals surface area contributed by atoms with Crippen molar-refractivity contribution in [3.8, 4) is 11.3 Å². The maximum absolute atomic E-state index is 13.7.